The van der Waals surface area contributed by atoms with Crippen molar-refractivity contribution >= 4 is 18.0 Å². The van der Waals surface area contributed by atoms with E-state index in [2.05, 4.69) is 5.32 Å². The van der Waals surface area contributed by atoms with Gasteiger partial charge in [0, 0.05) is 13.7 Å². The molecule has 3 aromatic rings. The molecule has 0 spiro atoms. The summed E-state index contributed by atoms with van der Waals surface area (Å²) in [7, 11) is 1.53. The summed E-state index contributed by atoms with van der Waals surface area (Å²) >= 11 is 0. The molecule has 7 nitrogen and oxygen atoms in total. The number of hydrogen-bond acceptors (Lipinski definition) is 6. The van der Waals surface area contributed by atoms with Gasteiger partial charge in [0.25, 0.3) is 5.91 Å². The lowest BCUT2D eigenvalue weighted by atomic mass is 10.1. The average Bonchev–Trinajstić information content (AvgIpc) is 2.89. The average molecular weight is 471 g/mol. The van der Waals surface area contributed by atoms with Gasteiger partial charge in [-0.05, 0) is 54.0 Å². The number of carbonyl (C=O) groups excluding carboxylic acids is 2. The van der Waals surface area contributed by atoms with E-state index in [0.717, 1.165) is 11.1 Å². The van der Waals surface area contributed by atoms with Crippen LogP contribution in [-0.2, 0) is 14.3 Å². The molecule has 35 heavy (non-hydrogen) atoms. The van der Waals surface area contributed by atoms with E-state index < -0.39 is 18.0 Å². The Labute approximate surface area is 204 Å². The first-order chi connectivity index (χ1) is 17.0. The van der Waals surface area contributed by atoms with E-state index in [9.17, 15) is 14.9 Å². The number of nitrogens with zero attached hydrogens (tertiary/aromatic N) is 1. The van der Waals surface area contributed by atoms with Crippen LogP contribution in [0.2, 0.25) is 0 Å². The first kappa shape index (κ1) is 25.2. The molecule has 3 aromatic carbocycles. The van der Waals surface area contributed by atoms with Crippen LogP contribution in [0.3, 0.4) is 0 Å². The SMILES string of the molecule is COCCNC(=O)/C(C#N)=C/c1ccc(OC(=O)C(C)Oc2ccc(-c3ccccc3)cc2)cc1. The van der Waals surface area contributed by atoms with Gasteiger partial charge in [-0.15, -0.1) is 0 Å². The van der Waals surface area contributed by atoms with Gasteiger partial charge < -0.3 is 19.5 Å². The summed E-state index contributed by atoms with van der Waals surface area (Å²) in [6, 6.07) is 25.8. The molecule has 0 aliphatic rings. The number of amides is 1. The highest BCUT2D eigenvalue weighted by Crippen LogP contribution is 2.23. The van der Waals surface area contributed by atoms with Crippen molar-refractivity contribution < 1.29 is 23.8 Å². The summed E-state index contributed by atoms with van der Waals surface area (Å²) in [5.41, 5.74) is 2.73. The zero-order valence-electron chi connectivity index (χ0n) is 19.6. The van der Waals surface area contributed by atoms with Gasteiger partial charge in [0.1, 0.15) is 23.1 Å². The number of esters is 1. The van der Waals surface area contributed by atoms with E-state index in [1.54, 1.807) is 31.2 Å². The Bertz CT molecular complexity index is 1200. The number of ether oxygens (including phenoxy) is 3. The fraction of sp³-hybridized carbons (Fsp3) is 0.179. The van der Waals surface area contributed by atoms with Gasteiger partial charge in [-0.1, -0.05) is 54.6 Å². The summed E-state index contributed by atoms with van der Waals surface area (Å²) in [6.45, 7) is 2.28. The topological polar surface area (TPSA) is 97.6 Å². The smallest absolute Gasteiger partial charge is 0.352 e. The molecule has 0 heterocycles. The molecule has 1 atom stereocenters. The van der Waals surface area contributed by atoms with Gasteiger partial charge >= 0.3 is 5.97 Å². The molecule has 0 bridgehead atoms. The van der Waals surface area contributed by atoms with Crippen molar-refractivity contribution in [2.75, 3.05) is 20.3 Å². The number of hydrogen-bond donors (Lipinski definition) is 1. The van der Waals surface area contributed by atoms with Gasteiger partial charge in [-0.3, -0.25) is 4.79 Å². The minimum absolute atomic E-state index is 0.0360. The molecule has 0 aliphatic carbocycles. The third-order valence-electron chi connectivity index (χ3n) is 4.97. The van der Waals surface area contributed by atoms with E-state index in [1.165, 1.54) is 13.2 Å². The number of nitrogens with one attached hydrogen (secondary N) is 1. The maximum absolute atomic E-state index is 12.5. The van der Waals surface area contributed by atoms with Gasteiger partial charge in [0.2, 0.25) is 0 Å². The van der Waals surface area contributed by atoms with Crippen LogP contribution in [-0.4, -0.2) is 38.2 Å². The van der Waals surface area contributed by atoms with Crippen molar-refractivity contribution in [2.45, 2.75) is 13.0 Å². The largest absolute Gasteiger partial charge is 0.479 e. The zero-order chi connectivity index (χ0) is 25.0. The number of rotatable bonds is 10. The lowest BCUT2D eigenvalue weighted by Gasteiger charge is -2.14. The molecular weight excluding hydrogens is 444 g/mol. The van der Waals surface area contributed by atoms with Crippen LogP contribution in [0.4, 0.5) is 0 Å². The van der Waals surface area contributed by atoms with Crippen molar-refractivity contribution in [3.63, 3.8) is 0 Å². The third kappa shape index (κ3) is 7.56. The monoisotopic (exact) mass is 470 g/mol. The van der Waals surface area contributed by atoms with Crippen molar-refractivity contribution in [3.8, 4) is 28.7 Å². The second-order valence-electron chi connectivity index (χ2n) is 7.56. The van der Waals surface area contributed by atoms with E-state index >= 15 is 0 Å². The van der Waals surface area contributed by atoms with Crippen LogP contribution < -0.4 is 14.8 Å². The Morgan fingerprint density at radius 3 is 2.20 bits per heavy atom. The highest BCUT2D eigenvalue weighted by molar-refractivity contribution is 6.01. The normalized spacial score (nSPS) is 11.7. The molecule has 1 amide bonds. The molecular formula is C28H26N2O5. The molecule has 0 radical (unpaired) electrons. The summed E-state index contributed by atoms with van der Waals surface area (Å²) in [5.74, 6) is -0.147. The van der Waals surface area contributed by atoms with E-state index in [1.807, 2.05) is 60.7 Å². The molecule has 0 saturated heterocycles. The third-order valence-corrected chi connectivity index (χ3v) is 4.97. The maximum atomic E-state index is 12.5. The van der Waals surface area contributed by atoms with Crippen LogP contribution in [0.25, 0.3) is 17.2 Å². The summed E-state index contributed by atoms with van der Waals surface area (Å²) in [6.07, 6.45) is 0.636. The second kappa shape index (κ2) is 12.7. The maximum Gasteiger partial charge on any atom is 0.352 e. The van der Waals surface area contributed by atoms with Crippen LogP contribution >= 0.6 is 0 Å². The summed E-state index contributed by atoms with van der Waals surface area (Å²) in [4.78, 5) is 24.5. The van der Waals surface area contributed by atoms with Crippen LogP contribution in [0.1, 0.15) is 12.5 Å². The number of carbonyl (C=O) groups is 2. The van der Waals surface area contributed by atoms with Gasteiger partial charge in [0.15, 0.2) is 6.10 Å². The first-order valence-corrected chi connectivity index (χ1v) is 11.0. The molecule has 0 saturated carbocycles. The van der Waals surface area contributed by atoms with Crippen molar-refractivity contribution in [2.24, 2.45) is 0 Å². The Morgan fingerprint density at radius 2 is 1.57 bits per heavy atom. The fourth-order valence-corrected chi connectivity index (χ4v) is 3.12. The molecule has 178 valence electrons. The van der Waals surface area contributed by atoms with E-state index in [4.69, 9.17) is 14.2 Å². The number of nitriles is 1. The summed E-state index contributed by atoms with van der Waals surface area (Å²) in [5, 5.41) is 11.8. The lowest BCUT2D eigenvalue weighted by Crippen LogP contribution is -2.28. The highest BCUT2D eigenvalue weighted by atomic mass is 16.6. The van der Waals surface area contributed by atoms with E-state index in [0.29, 0.717) is 30.2 Å². The number of benzene rings is 3. The molecule has 0 aliphatic heterocycles. The molecule has 1 unspecified atom stereocenters. The summed E-state index contributed by atoms with van der Waals surface area (Å²) < 4.78 is 16.0. The Hall–Kier alpha value is -4.41. The van der Waals surface area contributed by atoms with Crippen LogP contribution in [0.5, 0.6) is 11.5 Å². The molecule has 0 aromatic heterocycles. The van der Waals surface area contributed by atoms with Gasteiger partial charge in [0.05, 0.1) is 6.61 Å². The first-order valence-electron chi connectivity index (χ1n) is 11.0. The van der Waals surface area contributed by atoms with Gasteiger partial charge in [-0.25, -0.2) is 4.79 Å². The zero-order valence-corrected chi connectivity index (χ0v) is 19.6. The minimum atomic E-state index is -0.821. The standard InChI is InChI=1S/C28H26N2O5/c1-20(34-25-14-10-23(11-15-25)22-6-4-3-5-7-22)28(32)35-26-12-8-21(9-13-26)18-24(19-29)27(31)30-16-17-33-2/h3-15,18,20H,16-17H2,1-2H3,(H,30,31)/b24-18+. The minimum Gasteiger partial charge on any atom is -0.479 e. The second-order valence-corrected chi connectivity index (χ2v) is 7.56. The molecule has 3 rings (SSSR count). The predicted molar refractivity (Wildman–Crippen MR) is 133 cm³/mol. The molecule has 0 fully saturated rings. The Balaban J connectivity index is 1.55. The van der Waals surface area contributed by atoms with Crippen LogP contribution in [0.15, 0.2) is 84.4 Å². The van der Waals surface area contributed by atoms with Gasteiger partial charge in [-0.2, -0.15) is 5.26 Å². The lowest BCUT2D eigenvalue weighted by molar-refractivity contribution is -0.141. The quantitative estimate of drug-likeness (QED) is 0.155. The van der Waals surface area contributed by atoms with E-state index in [-0.39, 0.29) is 5.57 Å². The van der Waals surface area contributed by atoms with Crippen molar-refractivity contribution in [1.82, 2.24) is 5.32 Å². The highest BCUT2D eigenvalue weighted by Gasteiger charge is 2.17. The van der Waals surface area contributed by atoms with Crippen molar-refractivity contribution in [1.29, 1.82) is 5.26 Å². The fourth-order valence-electron chi connectivity index (χ4n) is 3.12. The van der Waals surface area contributed by atoms with Crippen LogP contribution in [0, 0.1) is 11.3 Å². The molecule has 1 N–H and O–H groups in total. The predicted octanol–water partition coefficient (Wildman–Crippen LogP) is 4.40. The Morgan fingerprint density at radius 1 is 0.943 bits per heavy atom. The number of methoxy groups -OCH3 is 1. The van der Waals surface area contributed by atoms with Crippen molar-refractivity contribution in [3.05, 3.63) is 90.0 Å². The molecule has 7 heteroatoms. The Kier molecular flexibility index (Phi) is 9.17.